The highest BCUT2D eigenvalue weighted by atomic mass is 35.5. The van der Waals surface area contributed by atoms with E-state index in [1.165, 1.54) is 6.07 Å². The minimum atomic E-state index is -4.48. The molecule has 0 spiro atoms. The van der Waals surface area contributed by atoms with Crippen LogP contribution in [0.2, 0.25) is 5.02 Å². The van der Waals surface area contributed by atoms with E-state index < -0.39 is 11.7 Å². The first-order chi connectivity index (χ1) is 9.79. The Balaban J connectivity index is 2.23. The number of nitrogens with zero attached hydrogens (tertiary/aromatic N) is 2. The van der Waals surface area contributed by atoms with Crippen molar-refractivity contribution in [2.75, 3.05) is 12.4 Å². The van der Waals surface area contributed by atoms with Crippen LogP contribution < -0.4 is 10.6 Å². The predicted octanol–water partition coefficient (Wildman–Crippen LogP) is 3.77. The summed E-state index contributed by atoms with van der Waals surface area (Å²) in [6.07, 6.45) is -4.48. The lowest BCUT2D eigenvalue weighted by molar-refractivity contribution is -0.137. The molecular weight excluding hydrogens is 309 g/mol. The molecule has 1 aromatic heterocycles. The maximum atomic E-state index is 12.7. The average Bonchev–Trinajstić information content (AvgIpc) is 2.84. The van der Waals surface area contributed by atoms with Crippen LogP contribution in [0.5, 0.6) is 0 Å². The lowest BCUT2D eigenvalue weighted by Crippen LogP contribution is -2.12. The van der Waals surface area contributed by atoms with Gasteiger partial charge in [-0.15, -0.1) is 5.10 Å². The molecule has 0 amide bonds. The van der Waals surface area contributed by atoms with Gasteiger partial charge in [0.15, 0.2) is 0 Å². The van der Waals surface area contributed by atoms with Gasteiger partial charge in [0.1, 0.15) is 0 Å². The number of benzene rings is 1. The molecule has 2 N–H and O–H groups in total. The number of hydrogen-bond acceptors (Lipinski definition) is 5. The fraction of sp³-hybridized carbons (Fsp3) is 0.333. The Morgan fingerprint density at radius 1 is 1.24 bits per heavy atom. The first-order valence-corrected chi connectivity index (χ1v) is 6.33. The molecule has 114 valence electrons. The van der Waals surface area contributed by atoms with Gasteiger partial charge in [0, 0.05) is 10.7 Å². The van der Waals surface area contributed by atoms with Gasteiger partial charge in [0.2, 0.25) is 5.89 Å². The number of halogens is 4. The van der Waals surface area contributed by atoms with Gasteiger partial charge in [-0.25, -0.2) is 0 Å². The van der Waals surface area contributed by atoms with Crippen LogP contribution in [-0.4, -0.2) is 17.2 Å². The molecule has 1 atom stereocenters. The number of aromatic nitrogens is 2. The molecule has 0 bridgehead atoms. The van der Waals surface area contributed by atoms with E-state index in [1.807, 2.05) is 0 Å². The van der Waals surface area contributed by atoms with Gasteiger partial charge >= 0.3 is 12.2 Å². The highest BCUT2D eigenvalue weighted by molar-refractivity contribution is 6.31. The van der Waals surface area contributed by atoms with Crippen LogP contribution >= 0.6 is 11.6 Å². The van der Waals surface area contributed by atoms with E-state index in [2.05, 4.69) is 20.8 Å². The van der Waals surface area contributed by atoms with Crippen molar-refractivity contribution < 1.29 is 17.6 Å². The average molecular weight is 321 g/mol. The zero-order chi connectivity index (χ0) is 15.6. The summed E-state index contributed by atoms with van der Waals surface area (Å²) in [5.41, 5.74) is -0.747. The van der Waals surface area contributed by atoms with Gasteiger partial charge in [-0.05, 0) is 32.2 Å². The molecule has 0 aliphatic carbocycles. The van der Waals surface area contributed by atoms with Gasteiger partial charge in [-0.2, -0.15) is 13.2 Å². The third-order valence-corrected chi connectivity index (χ3v) is 2.94. The first-order valence-electron chi connectivity index (χ1n) is 5.95. The Labute approximate surface area is 123 Å². The van der Waals surface area contributed by atoms with Gasteiger partial charge in [0.25, 0.3) is 0 Å². The SMILES string of the molecule is CNC(C)c1nnc(Nc2cc(Cl)cc(C(F)(F)F)c2)o1. The highest BCUT2D eigenvalue weighted by Crippen LogP contribution is 2.34. The maximum absolute atomic E-state index is 12.7. The maximum Gasteiger partial charge on any atom is 0.416 e. The quantitative estimate of drug-likeness (QED) is 0.898. The summed E-state index contributed by atoms with van der Waals surface area (Å²) in [4.78, 5) is 0. The van der Waals surface area contributed by atoms with E-state index in [9.17, 15) is 13.2 Å². The van der Waals surface area contributed by atoms with Crippen molar-refractivity contribution in [3.63, 3.8) is 0 Å². The van der Waals surface area contributed by atoms with Crippen molar-refractivity contribution in [3.8, 4) is 0 Å². The highest BCUT2D eigenvalue weighted by Gasteiger charge is 2.31. The summed E-state index contributed by atoms with van der Waals surface area (Å²) in [6, 6.07) is 2.91. The third-order valence-electron chi connectivity index (χ3n) is 2.72. The Bertz CT molecular complexity index is 629. The van der Waals surface area contributed by atoms with Crippen molar-refractivity contribution >= 4 is 23.3 Å². The van der Waals surface area contributed by atoms with Crippen molar-refractivity contribution in [1.82, 2.24) is 15.5 Å². The molecule has 1 heterocycles. The Morgan fingerprint density at radius 3 is 2.57 bits per heavy atom. The van der Waals surface area contributed by atoms with E-state index in [-0.39, 0.29) is 22.8 Å². The van der Waals surface area contributed by atoms with E-state index in [1.54, 1.807) is 14.0 Å². The molecule has 0 aliphatic rings. The smallest absolute Gasteiger partial charge is 0.406 e. The van der Waals surface area contributed by atoms with E-state index in [0.717, 1.165) is 12.1 Å². The van der Waals surface area contributed by atoms with Gasteiger partial charge in [-0.3, -0.25) is 0 Å². The largest absolute Gasteiger partial charge is 0.416 e. The number of rotatable bonds is 4. The molecule has 5 nitrogen and oxygen atoms in total. The summed E-state index contributed by atoms with van der Waals surface area (Å²) in [5.74, 6) is 0.318. The lowest BCUT2D eigenvalue weighted by Gasteiger charge is -2.09. The zero-order valence-electron chi connectivity index (χ0n) is 11.1. The van der Waals surface area contributed by atoms with Crippen LogP contribution in [0.15, 0.2) is 22.6 Å². The lowest BCUT2D eigenvalue weighted by atomic mass is 10.2. The van der Waals surface area contributed by atoms with Crippen LogP contribution in [0.4, 0.5) is 24.9 Å². The number of hydrogen-bond donors (Lipinski definition) is 2. The summed E-state index contributed by atoms with van der Waals surface area (Å²) >= 11 is 5.68. The van der Waals surface area contributed by atoms with Crippen molar-refractivity contribution in [1.29, 1.82) is 0 Å². The second kappa shape index (κ2) is 5.90. The van der Waals surface area contributed by atoms with E-state index in [4.69, 9.17) is 16.0 Å². The molecule has 1 aromatic carbocycles. The van der Waals surface area contributed by atoms with Crippen LogP contribution in [0, 0.1) is 0 Å². The molecule has 1 unspecified atom stereocenters. The third kappa shape index (κ3) is 3.85. The molecule has 0 saturated carbocycles. The van der Waals surface area contributed by atoms with Crippen molar-refractivity contribution in [2.45, 2.75) is 19.1 Å². The second-order valence-corrected chi connectivity index (χ2v) is 4.74. The topological polar surface area (TPSA) is 63.0 Å². The molecule has 0 saturated heterocycles. The molecule has 2 aromatic rings. The molecule has 0 radical (unpaired) electrons. The molecule has 2 rings (SSSR count). The minimum Gasteiger partial charge on any atom is -0.406 e. The van der Waals surface area contributed by atoms with Crippen LogP contribution in [0.1, 0.15) is 24.4 Å². The minimum absolute atomic E-state index is 0.0116. The number of anilines is 2. The van der Waals surface area contributed by atoms with Crippen LogP contribution in [-0.2, 0) is 6.18 Å². The van der Waals surface area contributed by atoms with E-state index >= 15 is 0 Å². The molecular formula is C12H12ClF3N4O. The van der Waals surface area contributed by atoms with Crippen LogP contribution in [0.3, 0.4) is 0 Å². The second-order valence-electron chi connectivity index (χ2n) is 4.31. The number of nitrogens with one attached hydrogen (secondary N) is 2. The molecule has 21 heavy (non-hydrogen) atoms. The molecule has 0 aliphatic heterocycles. The molecule has 0 fully saturated rings. The summed E-state index contributed by atoms with van der Waals surface area (Å²) < 4.78 is 43.4. The normalized spacial score (nSPS) is 13.2. The van der Waals surface area contributed by atoms with Gasteiger partial charge in [0.05, 0.1) is 11.6 Å². The Morgan fingerprint density at radius 2 is 1.95 bits per heavy atom. The molecule has 9 heteroatoms. The van der Waals surface area contributed by atoms with Crippen molar-refractivity contribution in [2.24, 2.45) is 0 Å². The predicted molar refractivity (Wildman–Crippen MR) is 71.5 cm³/mol. The summed E-state index contributed by atoms with van der Waals surface area (Å²) in [7, 11) is 1.72. The Hall–Kier alpha value is -1.80. The fourth-order valence-corrected chi connectivity index (χ4v) is 1.77. The van der Waals surface area contributed by atoms with E-state index in [0.29, 0.717) is 5.89 Å². The van der Waals surface area contributed by atoms with Crippen molar-refractivity contribution in [3.05, 3.63) is 34.7 Å². The summed E-state index contributed by atoms with van der Waals surface area (Å²) in [6.45, 7) is 1.80. The van der Waals surface area contributed by atoms with Gasteiger partial charge < -0.3 is 15.1 Å². The first kappa shape index (κ1) is 15.6. The fourth-order valence-electron chi connectivity index (χ4n) is 1.53. The standard InChI is InChI=1S/C12H12ClF3N4O/c1-6(17-2)10-19-20-11(21-10)18-9-4-7(12(14,15)16)3-8(13)5-9/h3-6,17H,1-2H3,(H,18,20). The number of alkyl halides is 3. The van der Waals surface area contributed by atoms with Crippen LogP contribution in [0.25, 0.3) is 0 Å². The Kier molecular flexibility index (Phi) is 4.38. The van der Waals surface area contributed by atoms with Gasteiger partial charge in [-0.1, -0.05) is 16.7 Å². The summed E-state index contributed by atoms with van der Waals surface area (Å²) in [5, 5.41) is 13.0. The zero-order valence-corrected chi connectivity index (χ0v) is 11.9. The monoisotopic (exact) mass is 320 g/mol.